The molecule has 1 aliphatic heterocycles. The van der Waals surface area contributed by atoms with Gasteiger partial charge in [0.25, 0.3) is 5.69 Å². The Morgan fingerprint density at radius 1 is 1.17 bits per heavy atom. The lowest BCUT2D eigenvalue weighted by atomic mass is 10.2. The van der Waals surface area contributed by atoms with E-state index in [2.05, 4.69) is 26.5 Å². The van der Waals surface area contributed by atoms with Crippen LogP contribution < -0.4 is 10.4 Å². The van der Waals surface area contributed by atoms with Crippen LogP contribution in [0.1, 0.15) is 12.8 Å². The van der Waals surface area contributed by atoms with Gasteiger partial charge in [-0.15, -0.1) is 0 Å². The minimum absolute atomic E-state index is 0.0613. The number of nitro benzene ring substituents is 1. The number of imidazole rings is 1. The Labute approximate surface area is 138 Å². The Kier molecular flexibility index (Phi) is 3.62. The SMILES string of the molecule is O=[N+]([O-])c1cccc(-c2nc3ccc(N4CCCCN4)cc3[nH]2)c1. The highest BCUT2D eigenvalue weighted by molar-refractivity contribution is 5.83. The molecule has 0 bridgehead atoms. The quantitative estimate of drug-likeness (QED) is 0.571. The van der Waals surface area contributed by atoms with E-state index in [0.29, 0.717) is 11.4 Å². The highest BCUT2D eigenvalue weighted by Gasteiger charge is 2.13. The molecular weight excluding hydrogens is 306 g/mol. The molecule has 1 fully saturated rings. The average molecular weight is 323 g/mol. The first-order chi connectivity index (χ1) is 11.7. The van der Waals surface area contributed by atoms with Crippen LogP contribution in [-0.2, 0) is 0 Å². The van der Waals surface area contributed by atoms with Crippen molar-refractivity contribution in [1.82, 2.24) is 15.4 Å². The summed E-state index contributed by atoms with van der Waals surface area (Å²) in [7, 11) is 0. The fourth-order valence-corrected chi connectivity index (χ4v) is 2.98. The number of hydrogen-bond donors (Lipinski definition) is 2. The zero-order valence-corrected chi connectivity index (χ0v) is 13.0. The molecule has 1 aliphatic rings. The van der Waals surface area contributed by atoms with E-state index < -0.39 is 4.92 Å². The summed E-state index contributed by atoms with van der Waals surface area (Å²) < 4.78 is 0. The third-order valence-corrected chi connectivity index (χ3v) is 4.22. The van der Waals surface area contributed by atoms with E-state index in [0.717, 1.165) is 29.8 Å². The predicted octanol–water partition coefficient (Wildman–Crippen LogP) is 3.24. The Morgan fingerprint density at radius 2 is 2.08 bits per heavy atom. The number of fused-ring (bicyclic) bond motifs is 1. The van der Waals surface area contributed by atoms with Gasteiger partial charge in [-0.2, -0.15) is 0 Å². The third kappa shape index (κ3) is 2.69. The fourth-order valence-electron chi connectivity index (χ4n) is 2.98. The number of nitro groups is 1. The van der Waals surface area contributed by atoms with Gasteiger partial charge in [0.1, 0.15) is 5.82 Å². The van der Waals surface area contributed by atoms with Crippen molar-refractivity contribution < 1.29 is 4.92 Å². The monoisotopic (exact) mass is 323 g/mol. The second-order valence-corrected chi connectivity index (χ2v) is 5.86. The van der Waals surface area contributed by atoms with Gasteiger partial charge in [-0.05, 0) is 31.0 Å². The zero-order chi connectivity index (χ0) is 16.5. The van der Waals surface area contributed by atoms with Gasteiger partial charge in [-0.3, -0.25) is 10.1 Å². The summed E-state index contributed by atoms with van der Waals surface area (Å²) in [6, 6.07) is 12.6. The predicted molar refractivity (Wildman–Crippen MR) is 92.8 cm³/mol. The van der Waals surface area contributed by atoms with Crippen LogP contribution in [0.5, 0.6) is 0 Å². The largest absolute Gasteiger partial charge is 0.338 e. The number of aromatic nitrogens is 2. The molecule has 7 heteroatoms. The summed E-state index contributed by atoms with van der Waals surface area (Å²) in [6.45, 7) is 1.97. The van der Waals surface area contributed by atoms with Gasteiger partial charge in [0.2, 0.25) is 0 Å². The summed E-state index contributed by atoms with van der Waals surface area (Å²) in [6.07, 6.45) is 2.37. The molecule has 24 heavy (non-hydrogen) atoms. The second-order valence-electron chi connectivity index (χ2n) is 5.86. The van der Waals surface area contributed by atoms with E-state index in [4.69, 9.17) is 0 Å². The van der Waals surface area contributed by atoms with Crippen LogP contribution in [0.25, 0.3) is 22.4 Å². The second kappa shape index (κ2) is 5.93. The Morgan fingerprint density at radius 3 is 2.88 bits per heavy atom. The van der Waals surface area contributed by atoms with Crippen LogP contribution in [0.2, 0.25) is 0 Å². The summed E-state index contributed by atoms with van der Waals surface area (Å²) in [5.41, 5.74) is 7.01. The smallest absolute Gasteiger partial charge is 0.270 e. The maximum atomic E-state index is 10.9. The number of rotatable bonds is 3. The van der Waals surface area contributed by atoms with E-state index >= 15 is 0 Å². The lowest BCUT2D eigenvalue weighted by molar-refractivity contribution is -0.384. The molecule has 0 saturated carbocycles. The molecule has 1 aromatic heterocycles. The normalized spacial score (nSPS) is 14.9. The van der Waals surface area contributed by atoms with E-state index in [1.54, 1.807) is 6.07 Å². The van der Waals surface area contributed by atoms with Gasteiger partial charge in [0.05, 0.1) is 21.6 Å². The lowest BCUT2D eigenvalue weighted by Gasteiger charge is -2.29. The minimum Gasteiger partial charge on any atom is -0.338 e. The summed E-state index contributed by atoms with van der Waals surface area (Å²) >= 11 is 0. The molecule has 2 N–H and O–H groups in total. The van der Waals surface area contributed by atoms with Gasteiger partial charge in [-0.25, -0.2) is 10.4 Å². The topological polar surface area (TPSA) is 87.1 Å². The van der Waals surface area contributed by atoms with Crippen LogP contribution >= 0.6 is 0 Å². The Balaban J connectivity index is 1.70. The van der Waals surface area contributed by atoms with Crippen molar-refractivity contribution >= 4 is 22.4 Å². The van der Waals surface area contributed by atoms with Gasteiger partial charge in [-0.1, -0.05) is 12.1 Å². The first-order valence-corrected chi connectivity index (χ1v) is 7.96. The Hall–Kier alpha value is -2.93. The molecule has 3 aromatic rings. The average Bonchev–Trinajstić information content (AvgIpc) is 3.06. The van der Waals surface area contributed by atoms with Crippen LogP contribution in [0.4, 0.5) is 11.4 Å². The maximum Gasteiger partial charge on any atom is 0.270 e. The molecule has 0 amide bonds. The minimum atomic E-state index is -0.397. The number of non-ortho nitro benzene ring substituents is 1. The van der Waals surface area contributed by atoms with Crippen LogP contribution in [0.3, 0.4) is 0 Å². The van der Waals surface area contributed by atoms with E-state index in [1.165, 1.54) is 25.0 Å². The molecule has 2 aromatic carbocycles. The van der Waals surface area contributed by atoms with Crippen LogP contribution in [0, 0.1) is 10.1 Å². The molecule has 0 aliphatic carbocycles. The number of aromatic amines is 1. The van der Waals surface area contributed by atoms with Gasteiger partial charge < -0.3 is 9.99 Å². The number of nitrogens with one attached hydrogen (secondary N) is 2. The van der Waals surface area contributed by atoms with Crippen molar-refractivity contribution in [3.05, 3.63) is 52.6 Å². The van der Waals surface area contributed by atoms with Crippen molar-refractivity contribution in [3.63, 3.8) is 0 Å². The number of hydrazine groups is 1. The molecule has 2 heterocycles. The van der Waals surface area contributed by atoms with Gasteiger partial charge in [0.15, 0.2) is 0 Å². The van der Waals surface area contributed by atoms with Gasteiger partial charge >= 0.3 is 0 Å². The molecule has 0 atom stereocenters. The standard InChI is InChI=1S/C17H17N5O2/c23-22(24)14-5-3-4-12(10-14)17-19-15-7-6-13(11-16(15)20-17)21-9-2-1-8-18-21/h3-7,10-11,18H,1-2,8-9H2,(H,19,20). The van der Waals surface area contributed by atoms with E-state index in [9.17, 15) is 10.1 Å². The molecule has 7 nitrogen and oxygen atoms in total. The summed E-state index contributed by atoms with van der Waals surface area (Å²) in [4.78, 5) is 18.4. The van der Waals surface area contributed by atoms with E-state index in [1.807, 2.05) is 18.2 Å². The number of hydrogen-bond acceptors (Lipinski definition) is 5. The zero-order valence-electron chi connectivity index (χ0n) is 13.0. The first-order valence-electron chi connectivity index (χ1n) is 7.96. The number of nitrogens with zero attached hydrogens (tertiary/aromatic N) is 3. The van der Waals surface area contributed by atoms with Crippen molar-refractivity contribution in [1.29, 1.82) is 0 Å². The van der Waals surface area contributed by atoms with Crippen molar-refractivity contribution in [3.8, 4) is 11.4 Å². The molecule has 122 valence electrons. The van der Waals surface area contributed by atoms with Crippen molar-refractivity contribution in [2.45, 2.75) is 12.8 Å². The highest BCUT2D eigenvalue weighted by Crippen LogP contribution is 2.26. The fraction of sp³-hybridized carbons (Fsp3) is 0.235. The van der Waals surface area contributed by atoms with Crippen LogP contribution in [-0.4, -0.2) is 28.0 Å². The van der Waals surface area contributed by atoms with Crippen molar-refractivity contribution in [2.24, 2.45) is 0 Å². The molecule has 1 saturated heterocycles. The highest BCUT2D eigenvalue weighted by atomic mass is 16.6. The molecule has 0 radical (unpaired) electrons. The summed E-state index contributed by atoms with van der Waals surface area (Å²) in [5.74, 6) is 0.637. The maximum absolute atomic E-state index is 10.9. The van der Waals surface area contributed by atoms with Gasteiger partial charge in [0, 0.05) is 30.8 Å². The molecule has 0 spiro atoms. The summed E-state index contributed by atoms with van der Waals surface area (Å²) in [5, 5.41) is 13.1. The number of anilines is 1. The number of benzene rings is 2. The lowest BCUT2D eigenvalue weighted by Crippen LogP contribution is -2.43. The number of H-pyrrole nitrogens is 1. The van der Waals surface area contributed by atoms with Crippen molar-refractivity contribution in [2.75, 3.05) is 18.1 Å². The Bertz CT molecular complexity index is 899. The van der Waals surface area contributed by atoms with Crippen LogP contribution in [0.15, 0.2) is 42.5 Å². The van der Waals surface area contributed by atoms with E-state index in [-0.39, 0.29) is 5.69 Å². The third-order valence-electron chi connectivity index (χ3n) is 4.22. The molecule has 0 unspecified atom stereocenters. The molecular formula is C17H17N5O2. The first kappa shape index (κ1) is 14.6. The molecule has 4 rings (SSSR count).